The molecule has 0 aromatic rings. The number of hydrazine groups is 2. The lowest BCUT2D eigenvalue weighted by Crippen LogP contribution is -2.56. The Morgan fingerprint density at radius 1 is 1.19 bits per heavy atom. The summed E-state index contributed by atoms with van der Waals surface area (Å²) in [4.78, 5) is 0. The minimum atomic E-state index is -3.47. The standard InChI is InChI=1S/C20H37FN6O3S/c1-26-19-14(10-23-26)3-2-4-17(19)25-31(28,29)16-11-24-27(12-16)18-9-15(5-7-22-18)20(21)6-8-30-13-20/h14-19,22-25H,2-13H2,1H3/t14?,15?,16?,17?,18?,19?,20-/m0/s1. The van der Waals surface area contributed by atoms with Crippen molar-refractivity contribution in [2.45, 2.75) is 67.7 Å². The van der Waals surface area contributed by atoms with E-state index in [9.17, 15) is 8.42 Å². The van der Waals surface area contributed by atoms with Gasteiger partial charge in [0.1, 0.15) is 10.9 Å². The van der Waals surface area contributed by atoms with Crippen LogP contribution in [0, 0.1) is 11.8 Å². The number of hydrogen-bond donors (Lipinski definition) is 4. The number of sulfonamides is 1. The molecule has 1 saturated carbocycles. The van der Waals surface area contributed by atoms with Crippen molar-refractivity contribution in [2.24, 2.45) is 11.8 Å². The minimum absolute atomic E-state index is 0.0521. The van der Waals surface area contributed by atoms with Gasteiger partial charge in [0.25, 0.3) is 0 Å². The quantitative estimate of drug-likeness (QED) is 0.438. The van der Waals surface area contributed by atoms with E-state index >= 15 is 4.39 Å². The maximum atomic E-state index is 15.2. The van der Waals surface area contributed by atoms with Gasteiger partial charge in [-0.1, -0.05) is 6.42 Å². The van der Waals surface area contributed by atoms with Gasteiger partial charge in [0.05, 0.1) is 12.8 Å². The first-order chi connectivity index (χ1) is 14.9. The zero-order chi connectivity index (χ0) is 21.6. The molecule has 5 aliphatic rings. The Kier molecular flexibility index (Phi) is 6.32. The van der Waals surface area contributed by atoms with Crippen LogP contribution >= 0.6 is 0 Å². The predicted molar refractivity (Wildman–Crippen MR) is 115 cm³/mol. The summed E-state index contributed by atoms with van der Waals surface area (Å²) in [5, 5.41) is 7.00. The van der Waals surface area contributed by atoms with Crippen LogP contribution < -0.4 is 20.9 Å². The van der Waals surface area contributed by atoms with Crippen LogP contribution in [-0.2, 0) is 14.8 Å². The number of halogens is 1. The van der Waals surface area contributed by atoms with E-state index in [1.807, 2.05) is 12.1 Å². The van der Waals surface area contributed by atoms with Crippen LogP contribution in [0.25, 0.3) is 0 Å². The average molecular weight is 461 g/mol. The van der Waals surface area contributed by atoms with Gasteiger partial charge < -0.3 is 10.1 Å². The molecule has 4 aliphatic heterocycles. The highest BCUT2D eigenvalue weighted by molar-refractivity contribution is 7.90. The third-order valence-electron chi connectivity index (χ3n) is 8.20. The normalized spacial score (nSPS) is 45.2. The van der Waals surface area contributed by atoms with E-state index in [0.717, 1.165) is 38.8 Å². The van der Waals surface area contributed by atoms with Gasteiger partial charge in [0.2, 0.25) is 10.0 Å². The lowest BCUT2D eigenvalue weighted by molar-refractivity contribution is 0.00489. The van der Waals surface area contributed by atoms with Crippen molar-refractivity contribution in [3.8, 4) is 0 Å². The summed E-state index contributed by atoms with van der Waals surface area (Å²) in [6, 6.07) is 0.160. The molecule has 178 valence electrons. The van der Waals surface area contributed by atoms with Crippen molar-refractivity contribution in [3.05, 3.63) is 0 Å². The number of piperidine rings is 1. The first-order valence-electron chi connectivity index (χ1n) is 11.8. The van der Waals surface area contributed by atoms with Crippen LogP contribution in [0.2, 0.25) is 0 Å². The molecular formula is C20H37FN6O3S. The fourth-order valence-corrected chi connectivity index (χ4v) is 7.90. The molecule has 0 bridgehead atoms. The number of hydrogen-bond acceptors (Lipinski definition) is 8. The van der Waals surface area contributed by atoms with Crippen molar-refractivity contribution in [1.29, 1.82) is 0 Å². The van der Waals surface area contributed by atoms with E-state index in [2.05, 4.69) is 25.9 Å². The van der Waals surface area contributed by atoms with Gasteiger partial charge >= 0.3 is 0 Å². The van der Waals surface area contributed by atoms with E-state index in [4.69, 9.17) is 4.74 Å². The molecule has 4 N–H and O–H groups in total. The predicted octanol–water partition coefficient (Wildman–Crippen LogP) is -0.464. The minimum Gasteiger partial charge on any atom is -0.378 e. The number of nitrogens with one attached hydrogen (secondary N) is 4. The van der Waals surface area contributed by atoms with Gasteiger partial charge in [-0.3, -0.25) is 10.9 Å². The Bertz CT molecular complexity index is 749. The number of likely N-dealkylation sites (N-methyl/N-ethyl adjacent to an activating group) is 1. The molecule has 0 aromatic carbocycles. The third-order valence-corrected chi connectivity index (χ3v) is 10.0. The van der Waals surface area contributed by atoms with Crippen LogP contribution in [0.15, 0.2) is 0 Å². The molecule has 0 spiro atoms. The highest BCUT2D eigenvalue weighted by Crippen LogP contribution is 2.38. The lowest BCUT2D eigenvalue weighted by Gasteiger charge is -2.40. The second-order valence-corrected chi connectivity index (χ2v) is 12.1. The fraction of sp³-hybridized carbons (Fsp3) is 1.00. The summed E-state index contributed by atoms with van der Waals surface area (Å²) in [6.45, 7) is 3.13. The van der Waals surface area contributed by atoms with Gasteiger partial charge in [-0.05, 0) is 44.1 Å². The summed E-state index contributed by atoms with van der Waals surface area (Å²) in [5.41, 5.74) is 5.39. The molecule has 6 unspecified atom stereocenters. The largest absolute Gasteiger partial charge is 0.378 e. The Hall–Kier alpha value is -0.400. The number of ether oxygens (including phenoxy) is 1. The Morgan fingerprint density at radius 3 is 2.87 bits per heavy atom. The maximum Gasteiger partial charge on any atom is 0.217 e. The van der Waals surface area contributed by atoms with E-state index in [-0.39, 0.29) is 30.8 Å². The van der Waals surface area contributed by atoms with Crippen LogP contribution in [-0.4, -0.2) is 94.0 Å². The molecule has 7 atom stereocenters. The first-order valence-corrected chi connectivity index (χ1v) is 13.4. The van der Waals surface area contributed by atoms with Gasteiger partial charge in [0, 0.05) is 51.8 Å². The fourth-order valence-electron chi connectivity index (χ4n) is 6.37. The van der Waals surface area contributed by atoms with Crippen molar-refractivity contribution in [2.75, 3.05) is 46.4 Å². The zero-order valence-corrected chi connectivity index (χ0v) is 19.2. The van der Waals surface area contributed by atoms with Crippen molar-refractivity contribution in [3.63, 3.8) is 0 Å². The molecule has 31 heavy (non-hydrogen) atoms. The van der Waals surface area contributed by atoms with Crippen molar-refractivity contribution in [1.82, 2.24) is 30.9 Å². The number of fused-ring (bicyclic) bond motifs is 1. The summed E-state index contributed by atoms with van der Waals surface area (Å²) < 4.78 is 50.1. The van der Waals surface area contributed by atoms with Gasteiger partial charge in [-0.2, -0.15) is 0 Å². The van der Waals surface area contributed by atoms with Gasteiger partial charge in [-0.25, -0.2) is 27.5 Å². The second-order valence-electron chi connectivity index (χ2n) is 10.1. The maximum absolute atomic E-state index is 15.2. The highest BCUT2D eigenvalue weighted by atomic mass is 32.2. The SMILES string of the molecule is CN1NCC2CCCC(NS(=O)(=O)C3CNN(C4CC([C@]5(F)CCOC5)CCN4)C3)C21. The lowest BCUT2D eigenvalue weighted by atomic mass is 9.80. The smallest absolute Gasteiger partial charge is 0.217 e. The van der Waals surface area contributed by atoms with Crippen LogP contribution in [0.3, 0.4) is 0 Å². The van der Waals surface area contributed by atoms with E-state index in [1.54, 1.807) is 0 Å². The Morgan fingerprint density at radius 2 is 2.06 bits per heavy atom. The van der Waals surface area contributed by atoms with Crippen molar-refractivity contribution >= 4 is 10.0 Å². The van der Waals surface area contributed by atoms with Gasteiger partial charge in [-0.15, -0.1) is 0 Å². The number of alkyl halides is 1. The van der Waals surface area contributed by atoms with Crippen LogP contribution in [0.1, 0.15) is 38.5 Å². The van der Waals surface area contributed by atoms with Crippen LogP contribution in [0.4, 0.5) is 4.39 Å². The average Bonchev–Trinajstić information content (AvgIpc) is 3.49. The Labute approximate surface area is 184 Å². The summed E-state index contributed by atoms with van der Waals surface area (Å²) in [7, 11) is -1.46. The highest BCUT2D eigenvalue weighted by Gasteiger charge is 2.47. The molecule has 11 heteroatoms. The second kappa shape index (κ2) is 8.75. The summed E-state index contributed by atoms with van der Waals surface area (Å²) in [6.07, 6.45) is 4.94. The van der Waals surface area contributed by atoms with E-state index < -0.39 is 20.9 Å². The zero-order valence-electron chi connectivity index (χ0n) is 18.4. The molecule has 0 radical (unpaired) electrons. The topological polar surface area (TPSA) is 98.0 Å². The van der Waals surface area contributed by atoms with Gasteiger partial charge in [0.15, 0.2) is 0 Å². The molecular weight excluding hydrogens is 423 g/mol. The molecule has 4 heterocycles. The molecule has 9 nitrogen and oxygen atoms in total. The number of rotatable bonds is 5. The third kappa shape index (κ3) is 4.40. The first kappa shape index (κ1) is 22.4. The van der Waals surface area contributed by atoms with Crippen molar-refractivity contribution < 1.29 is 17.5 Å². The monoisotopic (exact) mass is 460 g/mol. The Balaban J connectivity index is 1.20. The van der Waals surface area contributed by atoms with Crippen LogP contribution in [0.5, 0.6) is 0 Å². The number of nitrogens with zero attached hydrogens (tertiary/aromatic N) is 2. The molecule has 4 saturated heterocycles. The molecule has 0 aromatic heterocycles. The molecule has 5 rings (SSSR count). The summed E-state index contributed by atoms with van der Waals surface area (Å²) in [5.74, 6) is 0.446. The molecule has 0 amide bonds. The van der Waals surface area contributed by atoms with E-state index in [0.29, 0.717) is 38.5 Å². The molecule has 1 aliphatic carbocycles. The summed E-state index contributed by atoms with van der Waals surface area (Å²) >= 11 is 0. The molecule has 5 fully saturated rings. The van der Waals surface area contributed by atoms with E-state index in [1.165, 1.54) is 0 Å².